The van der Waals surface area contributed by atoms with Crippen LogP contribution in [0.15, 0.2) is 42.9 Å². The van der Waals surface area contributed by atoms with Crippen LogP contribution in [0.25, 0.3) is 0 Å². The molecule has 2 rings (SSSR count). The first kappa shape index (κ1) is 16.2. The Morgan fingerprint density at radius 3 is 2.68 bits per heavy atom. The Balaban J connectivity index is 1.90. The molecule has 0 aliphatic heterocycles. The molecular formula is C15H20N4O2S. The zero-order valence-corrected chi connectivity index (χ0v) is 13.3. The van der Waals surface area contributed by atoms with Gasteiger partial charge in [-0.05, 0) is 30.2 Å². The van der Waals surface area contributed by atoms with Crippen molar-refractivity contribution in [2.24, 2.45) is 0 Å². The number of anilines is 2. The third-order valence-electron chi connectivity index (χ3n) is 3.00. The Morgan fingerprint density at radius 1 is 1.18 bits per heavy atom. The molecule has 0 spiro atoms. The summed E-state index contributed by atoms with van der Waals surface area (Å²) in [7, 11) is -3.28. The second kappa shape index (κ2) is 7.74. The maximum Gasteiger partial charge on any atom is 0.232 e. The smallest absolute Gasteiger partial charge is 0.232 e. The molecular weight excluding hydrogens is 300 g/mol. The van der Waals surface area contributed by atoms with E-state index < -0.39 is 10.0 Å². The molecule has 2 aromatic rings. The largest absolute Gasteiger partial charge is 0.366 e. The molecule has 0 radical (unpaired) electrons. The Bertz CT molecular complexity index is 672. The summed E-state index contributed by atoms with van der Waals surface area (Å²) >= 11 is 0. The summed E-state index contributed by atoms with van der Waals surface area (Å²) in [6.07, 6.45) is 6.50. The molecule has 0 fully saturated rings. The number of aromatic nitrogens is 2. The molecule has 2 aromatic heterocycles. The zero-order chi connectivity index (χ0) is 15.8. The highest BCUT2D eigenvalue weighted by Gasteiger charge is 2.09. The molecule has 6 nitrogen and oxygen atoms in total. The molecule has 7 heteroatoms. The highest BCUT2D eigenvalue weighted by molar-refractivity contribution is 7.92. The first-order valence-electron chi connectivity index (χ1n) is 7.18. The van der Waals surface area contributed by atoms with E-state index in [1.165, 1.54) is 6.20 Å². The van der Waals surface area contributed by atoms with Crippen molar-refractivity contribution in [2.75, 3.05) is 15.8 Å². The minimum atomic E-state index is -3.28. The normalized spacial score (nSPS) is 11.1. The van der Waals surface area contributed by atoms with Crippen molar-refractivity contribution in [3.63, 3.8) is 0 Å². The maximum absolute atomic E-state index is 11.8. The van der Waals surface area contributed by atoms with Gasteiger partial charge in [0.05, 0.1) is 17.6 Å². The van der Waals surface area contributed by atoms with E-state index in [0.29, 0.717) is 24.5 Å². The van der Waals surface area contributed by atoms with Crippen LogP contribution in [0.2, 0.25) is 0 Å². The fraction of sp³-hybridized carbons (Fsp3) is 0.333. The fourth-order valence-corrected chi connectivity index (χ4v) is 3.07. The summed E-state index contributed by atoms with van der Waals surface area (Å²) in [6.45, 7) is 2.57. The van der Waals surface area contributed by atoms with Gasteiger partial charge in [-0.1, -0.05) is 19.4 Å². The number of hydrogen-bond acceptors (Lipinski definition) is 5. The predicted octanol–water partition coefficient (Wildman–Crippen LogP) is 2.63. The number of nitrogens with one attached hydrogen (secondary N) is 2. The summed E-state index contributed by atoms with van der Waals surface area (Å²) in [6, 6.07) is 7.28. The van der Waals surface area contributed by atoms with E-state index in [0.717, 1.165) is 12.0 Å². The lowest BCUT2D eigenvalue weighted by Gasteiger charge is -2.09. The van der Waals surface area contributed by atoms with E-state index >= 15 is 0 Å². The van der Waals surface area contributed by atoms with Crippen molar-refractivity contribution >= 4 is 21.5 Å². The highest BCUT2D eigenvalue weighted by Crippen LogP contribution is 2.13. The van der Waals surface area contributed by atoms with Gasteiger partial charge in [0.2, 0.25) is 10.0 Å². The molecule has 0 aliphatic carbocycles. The number of rotatable bonds is 8. The van der Waals surface area contributed by atoms with Crippen LogP contribution in [0.4, 0.5) is 11.5 Å². The van der Waals surface area contributed by atoms with Crippen LogP contribution >= 0.6 is 0 Å². The van der Waals surface area contributed by atoms with Gasteiger partial charge in [-0.3, -0.25) is 9.71 Å². The van der Waals surface area contributed by atoms with Gasteiger partial charge in [0.25, 0.3) is 0 Å². The molecule has 0 amide bonds. The summed E-state index contributed by atoms with van der Waals surface area (Å²) in [5.74, 6) is 0.810. The number of hydrogen-bond donors (Lipinski definition) is 2. The molecule has 0 atom stereocenters. The molecule has 0 saturated carbocycles. The first-order chi connectivity index (χ1) is 10.6. The van der Waals surface area contributed by atoms with Gasteiger partial charge in [-0.25, -0.2) is 13.4 Å². The number of unbranched alkanes of at least 4 members (excludes halogenated alkanes) is 1. The quantitative estimate of drug-likeness (QED) is 0.781. The monoisotopic (exact) mass is 320 g/mol. The summed E-state index contributed by atoms with van der Waals surface area (Å²) in [5, 5.41) is 3.16. The van der Waals surface area contributed by atoms with Crippen molar-refractivity contribution in [3.05, 3.63) is 48.4 Å². The molecule has 0 unspecified atom stereocenters. The Labute approximate surface area is 131 Å². The van der Waals surface area contributed by atoms with Crippen LogP contribution in [0.3, 0.4) is 0 Å². The second-order valence-electron chi connectivity index (χ2n) is 4.92. The van der Waals surface area contributed by atoms with E-state index in [9.17, 15) is 8.42 Å². The van der Waals surface area contributed by atoms with Gasteiger partial charge in [-0.2, -0.15) is 0 Å². The van der Waals surface area contributed by atoms with Gasteiger partial charge in [0, 0.05) is 18.9 Å². The third kappa shape index (κ3) is 5.33. The van der Waals surface area contributed by atoms with Gasteiger partial charge < -0.3 is 5.32 Å². The van der Waals surface area contributed by atoms with Crippen LogP contribution in [-0.2, 0) is 16.6 Å². The third-order valence-corrected chi connectivity index (χ3v) is 4.37. The van der Waals surface area contributed by atoms with E-state index in [4.69, 9.17) is 0 Å². The average molecular weight is 320 g/mol. The van der Waals surface area contributed by atoms with Gasteiger partial charge >= 0.3 is 0 Å². The Morgan fingerprint density at radius 2 is 2.05 bits per heavy atom. The molecule has 2 heterocycles. The van der Waals surface area contributed by atoms with Gasteiger partial charge in [0.1, 0.15) is 5.82 Å². The SMILES string of the molecule is CCCCS(=O)(=O)Nc1ccc(NCc2cccnc2)nc1. The van der Waals surface area contributed by atoms with E-state index in [1.807, 2.05) is 19.1 Å². The van der Waals surface area contributed by atoms with Crippen molar-refractivity contribution in [2.45, 2.75) is 26.3 Å². The Hall–Kier alpha value is -2.15. The molecule has 0 bridgehead atoms. The highest BCUT2D eigenvalue weighted by atomic mass is 32.2. The maximum atomic E-state index is 11.8. The van der Waals surface area contributed by atoms with Crippen LogP contribution in [0.5, 0.6) is 0 Å². The van der Waals surface area contributed by atoms with Crippen LogP contribution in [0.1, 0.15) is 25.3 Å². The predicted molar refractivity (Wildman–Crippen MR) is 88.1 cm³/mol. The minimum Gasteiger partial charge on any atom is -0.366 e. The van der Waals surface area contributed by atoms with Crippen molar-refractivity contribution in [1.82, 2.24) is 9.97 Å². The molecule has 118 valence electrons. The number of pyridine rings is 2. The molecule has 0 aliphatic rings. The van der Waals surface area contributed by atoms with Gasteiger partial charge in [-0.15, -0.1) is 0 Å². The summed E-state index contributed by atoms with van der Waals surface area (Å²) in [4.78, 5) is 8.24. The van der Waals surface area contributed by atoms with Crippen molar-refractivity contribution < 1.29 is 8.42 Å². The molecule has 0 saturated heterocycles. The average Bonchev–Trinajstić information content (AvgIpc) is 2.53. The molecule has 2 N–H and O–H groups in total. The van der Waals surface area contributed by atoms with Crippen molar-refractivity contribution in [1.29, 1.82) is 0 Å². The van der Waals surface area contributed by atoms with Crippen LogP contribution in [-0.4, -0.2) is 24.1 Å². The Kier molecular flexibility index (Phi) is 5.71. The van der Waals surface area contributed by atoms with E-state index in [-0.39, 0.29) is 5.75 Å². The topological polar surface area (TPSA) is 84.0 Å². The van der Waals surface area contributed by atoms with E-state index in [1.54, 1.807) is 24.5 Å². The van der Waals surface area contributed by atoms with Gasteiger partial charge in [0.15, 0.2) is 0 Å². The minimum absolute atomic E-state index is 0.129. The summed E-state index contributed by atoms with van der Waals surface area (Å²) in [5.41, 5.74) is 1.52. The lowest BCUT2D eigenvalue weighted by molar-refractivity contribution is 0.598. The molecule has 0 aromatic carbocycles. The molecule has 22 heavy (non-hydrogen) atoms. The van der Waals surface area contributed by atoms with Crippen LogP contribution in [0, 0.1) is 0 Å². The lowest BCUT2D eigenvalue weighted by atomic mass is 10.3. The van der Waals surface area contributed by atoms with E-state index in [2.05, 4.69) is 20.0 Å². The van der Waals surface area contributed by atoms with Crippen LogP contribution < -0.4 is 10.0 Å². The fourth-order valence-electron chi connectivity index (χ4n) is 1.82. The summed E-state index contributed by atoms with van der Waals surface area (Å²) < 4.78 is 26.1. The van der Waals surface area contributed by atoms with Crippen molar-refractivity contribution in [3.8, 4) is 0 Å². The standard InChI is InChI=1S/C15H20N4O2S/c1-2-3-9-22(20,21)19-14-6-7-15(18-12-14)17-11-13-5-4-8-16-10-13/h4-8,10,12,19H,2-3,9,11H2,1H3,(H,17,18). The zero-order valence-electron chi connectivity index (χ0n) is 12.5. The first-order valence-corrected chi connectivity index (χ1v) is 8.83. The number of nitrogens with zero attached hydrogens (tertiary/aromatic N) is 2. The lowest BCUT2D eigenvalue weighted by Crippen LogP contribution is -2.16. The number of sulfonamides is 1. The second-order valence-corrected chi connectivity index (χ2v) is 6.76.